The molecule has 7 nitrogen and oxygen atoms in total. The Kier molecular flexibility index (Phi) is 10.4. The van der Waals surface area contributed by atoms with Gasteiger partial charge in [-0.15, -0.1) is 0 Å². The zero-order valence-corrected chi connectivity index (χ0v) is 24.4. The lowest BCUT2D eigenvalue weighted by Gasteiger charge is -2.15. The Labute approximate surface area is 246 Å². The molecule has 4 aromatic carbocycles. The number of halogens is 2. The van der Waals surface area contributed by atoms with Gasteiger partial charge < -0.3 is 18.9 Å². The van der Waals surface area contributed by atoms with E-state index < -0.39 is 5.91 Å². The van der Waals surface area contributed by atoms with Gasteiger partial charge in [0.2, 0.25) is 0 Å². The van der Waals surface area contributed by atoms with Crippen molar-refractivity contribution in [2.45, 2.75) is 20.1 Å². The highest BCUT2D eigenvalue weighted by atomic mass is 79.9. The van der Waals surface area contributed by atoms with Crippen LogP contribution in [0.25, 0.3) is 0 Å². The van der Waals surface area contributed by atoms with Crippen LogP contribution in [0.15, 0.2) is 94.5 Å². The molecule has 206 valence electrons. The van der Waals surface area contributed by atoms with Crippen LogP contribution in [-0.4, -0.2) is 25.8 Å². The molecule has 0 unspecified atom stereocenters. The van der Waals surface area contributed by atoms with Crippen molar-refractivity contribution in [2.24, 2.45) is 5.10 Å². The molecule has 0 aliphatic heterocycles. The molecule has 0 heterocycles. The summed E-state index contributed by atoms with van der Waals surface area (Å²) in [6.07, 6.45) is 1.53. The summed E-state index contributed by atoms with van der Waals surface area (Å²) < 4.78 is 23.8. The molecule has 4 aromatic rings. The van der Waals surface area contributed by atoms with Crippen molar-refractivity contribution in [2.75, 3.05) is 13.7 Å². The molecule has 0 fully saturated rings. The van der Waals surface area contributed by atoms with Gasteiger partial charge in [0.05, 0.1) is 24.4 Å². The van der Waals surface area contributed by atoms with Crippen molar-refractivity contribution in [3.63, 3.8) is 0 Å². The normalized spacial score (nSPS) is 10.8. The summed E-state index contributed by atoms with van der Waals surface area (Å²) in [6, 6.07) is 25.9. The lowest BCUT2D eigenvalue weighted by molar-refractivity contribution is 0.0954. The summed E-state index contributed by atoms with van der Waals surface area (Å²) in [5.74, 6) is 1.70. The monoisotopic (exact) mass is 622 g/mol. The molecule has 0 spiro atoms. The van der Waals surface area contributed by atoms with E-state index in [1.165, 1.54) is 13.3 Å². The second-order valence-electron chi connectivity index (χ2n) is 8.52. The molecule has 0 aliphatic rings. The highest BCUT2D eigenvalue weighted by molar-refractivity contribution is 9.10. The second kappa shape index (κ2) is 14.4. The smallest absolute Gasteiger partial charge is 0.271 e. The zero-order chi connectivity index (χ0) is 28.3. The first-order valence-corrected chi connectivity index (χ1v) is 13.7. The Morgan fingerprint density at radius 1 is 0.875 bits per heavy atom. The number of rotatable bonds is 12. The minimum atomic E-state index is -0.394. The van der Waals surface area contributed by atoms with Crippen LogP contribution in [0.5, 0.6) is 23.0 Å². The molecule has 9 heteroatoms. The van der Waals surface area contributed by atoms with Crippen LogP contribution < -0.4 is 24.4 Å². The summed E-state index contributed by atoms with van der Waals surface area (Å²) in [7, 11) is 1.53. The van der Waals surface area contributed by atoms with E-state index in [9.17, 15) is 4.79 Å². The highest BCUT2D eigenvalue weighted by Gasteiger charge is 2.14. The first-order valence-electron chi connectivity index (χ1n) is 12.5. The Balaban J connectivity index is 1.41. The van der Waals surface area contributed by atoms with E-state index in [4.69, 9.17) is 30.5 Å². The van der Waals surface area contributed by atoms with Gasteiger partial charge in [-0.2, -0.15) is 5.10 Å². The topological polar surface area (TPSA) is 78.4 Å². The molecule has 0 aliphatic carbocycles. The zero-order valence-electron chi connectivity index (χ0n) is 22.0. The number of carbonyl (C=O) groups excluding carboxylic acids is 1. The first kappa shape index (κ1) is 29.0. The maximum Gasteiger partial charge on any atom is 0.271 e. The van der Waals surface area contributed by atoms with E-state index in [1.807, 2.05) is 67.6 Å². The van der Waals surface area contributed by atoms with Gasteiger partial charge in [-0.1, -0.05) is 54.1 Å². The van der Waals surface area contributed by atoms with Gasteiger partial charge in [0, 0.05) is 10.6 Å². The SMILES string of the molecule is CCOc1cc(/C=N/NC(=O)c2ccc(OCc3ccccc3)c(OC)c2)cc(Br)c1OCc1cccc(Cl)c1. The van der Waals surface area contributed by atoms with Crippen molar-refractivity contribution in [3.8, 4) is 23.0 Å². The molecular weight excluding hydrogens is 596 g/mol. The maximum atomic E-state index is 12.7. The molecule has 1 amide bonds. The maximum absolute atomic E-state index is 12.7. The first-order chi connectivity index (χ1) is 19.5. The van der Waals surface area contributed by atoms with Gasteiger partial charge in [-0.25, -0.2) is 5.43 Å². The molecule has 1 N–H and O–H groups in total. The van der Waals surface area contributed by atoms with Gasteiger partial charge >= 0.3 is 0 Å². The Morgan fingerprint density at radius 2 is 1.65 bits per heavy atom. The average molecular weight is 624 g/mol. The molecule has 0 aromatic heterocycles. The fourth-order valence-corrected chi connectivity index (χ4v) is 4.53. The average Bonchev–Trinajstić information content (AvgIpc) is 2.96. The number of amides is 1. The standard InChI is InChI=1S/C31H28BrClN2O5/c1-3-38-29-16-23(15-26(32)30(29)40-20-22-10-7-11-25(33)14-22)18-34-35-31(36)24-12-13-27(28(17-24)37-2)39-19-21-8-5-4-6-9-21/h4-18H,3,19-20H2,1-2H3,(H,35,36)/b34-18+. The van der Waals surface area contributed by atoms with E-state index in [0.717, 1.165) is 11.1 Å². The number of nitrogens with one attached hydrogen (secondary N) is 1. The second-order valence-corrected chi connectivity index (χ2v) is 9.81. The Bertz CT molecular complexity index is 1480. The summed E-state index contributed by atoms with van der Waals surface area (Å²) in [4.78, 5) is 12.7. The number of nitrogens with zero attached hydrogens (tertiary/aromatic N) is 1. The molecule has 40 heavy (non-hydrogen) atoms. The Morgan fingerprint density at radius 3 is 2.40 bits per heavy atom. The van der Waals surface area contributed by atoms with E-state index >= 15 is 0 Å². The van der Waals surface area contributed by atoms with Crippen LogP contribution in [0.1, 0.15) is 34.0 Å². The summed E-state index contributed by atoms with van der Waals surface area (Å²) in [6.45, 7) is 3.05. The molecule has 0 saturated heterocycles. The number of benzene rings is 4. The molecule has 0 saturated carbocycles. The summed E-state index contributed by atoms with van der Waals surface area (Å²) >= 11 is 9.64. The minimum absolute atomic E-state index is 0.322. The highest BCUT2D eigenvalue weighted by Crippen LogP contribution is 2.37. The third-order valence-corrected chi connectivity index (χ3v) is 6.47. The largest absolute Gasteiger partial charge is 0.493 e. The van der Waals surface area contributed by atoms with Crippen molar-refractivity contribution >= 4 is 39.7 Å². The van der Waals surface area contributed by atoms with Crippen LogP contribution in [-0.2, 0) is 13.2 Å². The predicted octanol–water partition coefficient (Wildman–Crippen LogP) is 7.43. The number of ether oxygens (including phenoxy) is 4. The molecular formula is C31H28BrClN2O5. The van der Waals surface area contributed by atoms with Crippen LogP contribution >= 0.6 is 27.5 Å². The fraction of sp³-hybridized carbons (Fsp3) is 0.161. The molecule has 0 bridgehead atoms. The number of hydrogen-bond acceptors (Lipinski definition) is 6. The van der Waals surface area contributed by atoms with E-state index in [2.05, 4.69) is 26.5 Å². The quantitative estimate of drug-likeness (QED) is 0.131. The van der Waals surface area contributed by atoms with Gasteiger partial charge in [0.15, 0.2) is 23.0 Å². The van der Waals surface area contributed by atoms with Gasteiger partial charge in [0.1, 0.15) is 13.2 Å². The summed E-state index contributed by atoms with van der Waals surface area (Å²) in [5, 5.41) is 4.76. The number of methoxy groups -OCH3 is 1. The molecule has 0 atom stereocenters. The van der Waals surface area contributed by atoms with Gasteiger partial charge in [-0.05, 0) is 82.0 Å². The molecule has 4 rings (SSSR count). The van der Waals surface area contributed by atoms with Crippen LogP contribution in [0, 0.1) is 0 Å². The van der Waals surface area contributed by atoms with Gasteiger partial charge in [0.25, 0.3) is 5.91 Å². The van der Waals surface area contributed by atoms with Gasteiger partial charge in [-0.3, -0.25) is 4.79 Å². The lowest BCUT2D eigenvalue weighted by Crippen LogP contribution is -2.17. The lowest BCUT2D eigenvalue weighted by atomic mass is 10.2. The number of hydrazone groups is 1. The van der Waals surface area contributed by atoms with Crippen molar-refractivity contribution < 1.29 is 23.7 Å². The molecule has 0 radical (unpaired) electrons. The van der Waals surface area contributed by atoms with Crippen molar-refractivity contribution in [1.82, 2.24) is 5.43 Å². The van der Waals surface area contributed by atoms with Crippen molar-refractivity contribution in [1.29, 1.82) is 0 Å². The van der Waals surface area contributed by atoms with Crippen LogP contribution in [0.3, 0.4) is 0 Å². The predicted molar refractivity (Wildman–Crippen MR) is 160 cm³/mol. The van der Waals surface area contributed by atoms with E-state index in [1.54, 1.807) is 24.3 Å². The third kappa shape index (κ3) is 8.00. The third-order valence-electron chi connectivity index (χ3n) is 5.65. The minimum Gasteiger partial charge on any atom is -0.493 e. The number of carbonyl (C=O) groups is 1. The summed E-state index contributed by atoms with van der Waals surface area (Å²) in [5.41, 5.74) is 5.59. The van der Waals surface area contributed by atoms with E-state index in [-0.39, 0.29) is 0 Å². The van der Waals surface area contributed by atoms with Crippen LogP contribution in [0.2, 0.25) is 5.02 Å². The van der Waals surface area contributed by atoms with Crippen LogP contribution in [0.4, 0.5) is 0 Å². The fourth-order valence-electron chi connectivity index (χ4n) is 3.74. The Hall–Kier alpha value is -4.01. The number of hydrogen-bond donors (Lipinski definition) is 1. The van der Waals surface area contributed by atoms with Crippen molar-refractivity contribution in [3.05, 3.63) is 117 Å². The van der Waals surface area contributed by atoms with E-state index in [0.29, 0.717) is 63.4 Å².